The lowest BCUT2D eigenvalue weighted by atomic mass is 10.0. The molecule has 1 saturated heterocycles. The van der Waals surface area contributed by atoms with E-state index in [0.717, 1.165) is 32.8 Å². The quantitative estimate of drug-likeness (QED) is 0.732. The molecule has 1 aromatic heterocycles. The standard InChI is InChI=1S/C17H24N4OS/c1-20(13-15(12-19)4-2-6-18)14-16(17-5-3-11-23-17)21-7-9-22-10-8-21/h3,5,11,15-16H,2,4,7-10,13-14H2,1H3. The van der Waals surface area contributed by atoms with E-state index < -0.39 is 0 Å². The Labute approximate surface area is 142 Å². The zero-order valence-corrected chi connectivity index (χ0v) is 14.5. The van der Waals surface area contributed by atoms with Gasteiger partial charge in [-0.15, -0.1) is 11.3 Å². The summed E-state index contributed by atoms with van der Waals surface area (Å²) in [5, 5.41) is 20.1. The number of likely N-dealkylation sites (N-methyl/N-ethyl adjacent to an activating group) is 1. The van der Waals surface area contributed by atoms with Gasteiger partial charge in [0.05, 0.1) is 37.3 Å². The molecule has 2 heterocycles. The minimum atomic E-state index is -0.0756. The maximum atomic E-state index is 9.26. The van der Waals surface area contributed by atoms with Crippen LogP contribution in [0.5, 0.6) is 0 Å². The van der Waals surface area contributed by atoms with Gasteiger partial charge in [0.2, 0.25) is 0 Å². The van der Waals surface area contributed by atoms with Crippen LogP contribution in [-0.2, 0) is 4.74 Å². The highest BCUT2D eigenvalue weighted by molar-refractivity contribution is 7.10. The number of thiophene rings is 1. The van der Waals surface area contributed by atoms with E-state index in [1.807, 2.05) is 0 Å². The minimum Gasteiger partial charge on any atom is -0.379 e. The van der Waals surface area contributed by atoms with E-state index >= 15 is 0 Å². The molecule has 0 radical (unpaired) electrons. The zero-order valence-electron chi connectivity index (χ0n) is 13.6. The molecule has 0 aliphatic carbocycles. The molecule has 124 valence electrons. The van der Waals surface area contributed by atoms with Crippen LogP contribution in [-0.4, -0.2) is 56.2 Å². The highest BCUT2D eigenvalue weighted by atomic mass is 32.1. The maximum Gasteiger partial charge on any atom is 0.0669 e. The van der Waals surface area contributed by atoms with Gasteiger partial charge in [-0.25, -0.2) is 0 Å². The van der Waals surface area contributed by atoms with Gasteiger partial charge in [0.1, 0.15) is 0 Å². The smallest absolute Gasteiger partial charge is 0.0669 e. The van der Waals surface area contributed by atoms with Crippen LogP contribution >= 0.6 is 11.3 Å². The van der Waals surface area contributed by atoms with E-state index in [4.69, 9.17) is 10.00 Å². The van der Waals surface area contributed by atoms with E-state index in [1.54, 1.807) is 11.3 Å². The predicted molar refractivity (Wildman–Crippen MR) is 90.9 cm³/mol. The van der Waals surface area contributed by atoms with Crippen LogP contribution in [0, 0.1) is 28.6 Å². The largest absolute Gasteiger partial charge is 0.379 e. The van der Waals surface area contributed by atoms with Crippen molar-refractivity contribution in [2.24, 2.45) is 5.92 Å². The summed E-state index contributed by atoms with van der Waals surface area (Å²) in [6.45, 7) is 5.08. The maximum absolute atomic E-state index is 9.26. The van der Waals surface area contributed by atoms with Gasteiger partial charge in [0.15, 0.2) is 0 Å². The van der Waals surface area contributed by atoms with Gasteiger partial charge in [-0.2, -0.15) is 10.5 Å². The molecule has 2 rings (SSSR count). The first kappa shape index (κ1) is 17.9. The fourth-order valence-electron chi connectivity index (χ4n) is 2.94. The van der Waals surface area contributed by atoms with Crippen molar-refractivity contribution in [3.8, 4) is 12.1 Å². The summed E-state index contributed by atoms with van der Waals surface area (Å²) in [6, 6.07) is 9.09. The second-order valence-corrected chi connectivity index (χ2v) is 6.90. The molecule has 0 bridgehead atoms. The van der Waals surface area contributed by atoms with E-state index in [0.29, 0.717) is 25.4 Å². The Morgan fingerprint density at radius 2 is 2.13 bits per heavy atom. The predicted octanol–water partition coefficient (Wildman–Crippen LogP) is 2.50. The Hall–Kier alpha value is -1.44. The molecule has 0 saturated carbocycles. The molecule has 6 heteroatoms. The Bertz CT molecular complexity index is 528. The lowest BCUT2D eigenvalue weighted by Crippen LogP contribution is -2.43. The van der Waals surface area contributed by atoms with Crippen molar-refractivity contribution in [3.05, 3.63) is 22.4 Å². The summed E-state index contributed by atoms with van der Waals surface area (Å²) in [7, 11) is 2.07. The molecular weight excluding hydrogens is 308 g/mol. The Morgan fingerprint density at radius 1 is 1.35 bits per heavy atom. The average Bonchev–Trinajstić information content (AvgIpc) is 3.11. The fourth-order valence-corrected chi connectivity index (χ4v) is 3.79. The lowest BCUT2D eigenvalue weighted by Gasteiger charge is -2.36. The molecule has 23 heavy (non-hydrogen) atoms. The van der Waals surface area contributed by atoms with Gasteiger partial charge in [0, 0.05) is 37.5 Å². The van der Waals surface area contributed by atoms with Crippen LogP contribution in [0.4, 0.5) is 0 Å². The number of rotatable bonds is 8. The number of hydrogen-bond donors (Lipinski definition) is 0. The molecule has 2 atom stereocenters. The number of morpholine rings is 1. The number of nitrogens with zero attached hydrogens (tertiary/aromatic N) is 4. The summed E-state index contributed by atoms with van der Waals surface area (Å²) in [5.41, 5.74) is 0. The summed E-state index contributed by atoms with van der Waals surface area (Å²) in [5.74, 6) is -0.0756. The Morgan fingerprint density at radius 3 is 2.74 bits per heavy atom. The number of ether oxygens (including phenoxy) is 1. The first-order valence-electron chi connectivity index (χ1n) is 8.05. The van der Waals surface area contributed by atoms with Gasteiger partial charge in [-0.3, -0.25) is 4.90 Å². The second-order valence-electron chi connectivity index (χ2n) is 5.92. The van der Waals surface area contributed by atoms with Crippen molar-refractivity contribution in [1.82, 2.24) is 9.80 Å². The molecule has 1 aliphatic rings. The third kappa shape index (κ3) is 5.60. The summed E-state index contributed by atoms with van der Waals surface area (Å²) < 4.78 is 5.47. The Balaban J connectivity index is 1.97. The van der Waals surface area contributed by atoms with Crippen molar-refractivity contribution >= 4 is 11.3 Å². The molecule has 0 amide bonds. The van der Waals surface area contributed by atoms with Crippen LogP contribution in [0.25, 0.3) is 0 Å². The molecule has 0 spiro atoms. The second kappa shape index (κ2) is 9.64. The van der Waals surface area contributed by atoms with Crippen LogP contribution in [0.3, 0.4) is 0 Å². The molecule has 0 aromatic carbocycles. The highest BCUT2D eigenvalue weighted by Gasteiger charge is 2.25. The van der Waals surface area contributed by atoms with Gasteiger partial charge in [-0.1, -0.05) is 6.07 Å². The van der Waals surface area contributed by atoms with Crippen LogP contribution in [0.1, 0.15) is 23.8 Å². The fraction of sp³-hybridized carbons (Fsp3) is 0.647. The third-order valence-electron chi connectivity index (χ3n) is 4.16. The highest BCUT2D eigenvalue weighted by Crippen LogP contribution is 2.27. The Kier molecular flexibility index (Phi) is 7.51. The first-order valence-corrected chi connectivity index (χ1v) is 8.93. The van der Waals surface area contributed by atoms with E-state index in [1.165, 1.54) is 4.88 Å². The minimum absolute atomic E-state index is 0.0756. The van der Waals surface area contributed by atoms with Gasteiger partial charge >= 0.3 is 0 Å². The van der Waals surface area contributed by atoms with E-state index in [2.05, 4.69) is 46.5 Å². The van der Waals surface area contributed by atoms with Crippen molar-refractivity contribution in [1.29, 1.82) is 10.5 Å². The summed E-state index contributed by atoms with van der Waals surface area (Å²) in [6.07, 6.45) is 1.10. The van der Waals surface area contributed by atoms with Crippen LogP contribution in [0.2, 0.25) is 0 Å². The first-order chi connectivity index (χ1) is 11.2. The number of hydrogen-bond acceptors (Lipinski definition) is 6. The normalized spacial score (nSPS) is 18.3. The van der Waals surface area contributed by atoms with Gasteiger partial charge in [0.25, 0.3) is 0 Å². The SMILES string of the molecule is CN(CC(C#N)CCC#N)CC(c1cccs1)N1CCOCC1. The molecular formula is C17H24N4OS. The van der Waals surface area contributed by atoms with Crippen molar-refractivity contribution in [2.75, 3.05) is 46.4 Å². The topological polar surface area (TPSA) is 63.3 Å². The van der Waals surface area contributed by atoms with Crippen LogP contribution in [0.15, 0.2) is 17.5 Å². The molecule has 1 aliphatic heterocycles. The summed E-state index contributed by atoms with van der Waals surface area (Å²) in [4.78, 5) is 6.07. The van der Waals surface area contributed by atoms with Crippen molar-refractivity contribution in [3.63, 3.8) is 0 Å². The van der Waals surface area contributed by atoms with Crippen molar-refractivity contribution in [2.45, 2.75) is 18.9 Å². The third-order valence-corrected chi connectivity index (χ3v) is 5.14. The molecule has 5 nitrogen and oxygen atoms in total. The average molecular weight is 332 g/mol. The van der Waals surface area contributed by atoms with Gasteiger partial charge in [-0.05, 0) is 24.9 Å². The van der Waals surface area contributed by atoms with E-state index in [-0.39, 0.29) is 5.92 Å². The molecule has 0 N–H and O–H groups in total. The molecule has 1 aromatic rings. The van der Waals surface area contributed by atoms with E-state index in [9.17, 15) is 5.26 Å². The summed E-state index contributed by atoms with van der Waals surface area (Å²) >= 11 is 1.79. The number of nitriles is 2. The molecule has 1 fully saturated rings. The van der Waals surface area contributed by atoms with Crippen molar-refractivity contribution < 1.29 is 4.74 Å². The molecule has 2 unspecified atom stereocenters. The van der Waals surface area contributed by atoms with Crippen LogP contribution < -0.4 is 0 Å². The zero-order chi connectivity index (χ0) is 16.5. The van der Waals surface area contributed by atoms with Gasteiger partial charge < -0.3 is 9.64 Å². The monoisotopic (exact) mass is 332 g/mol. The lowest BCUT2D eigenvalue weighted by molar-refractivity contribution is 0.00959.